The van der Waals surface area contributed by atoms with E-state index in [0.717, 1.165) is 5.69 Å². The van der Waals surface area contributed by atoms with Gasteiger partial charge in [0.1, 0.15) is 5.75 Å². The SMILES string of the molecule is CCS(=O)(=O)CC(C)Nc1ccc(OCCC(N)=O)cc1. The maximum absolute atomic E-state index is 11.5. The number of hydrogen-bond acceptors (Lipinski definition) is 5. The number of hydrogen-bond donors (Lipinski definition) is 2. The van der Waals surface area contributed by atoms with Gasteiger partial charge in [0, 0.05) is 17.5 Å². The zero-order chi connectivity index (χ0) is 15.9. The maximum Gasteiger partial charge on any atom is 0.220 e. The lowest BCUT2D eigenvalue weighted by molar-refractivity contribution is -0.118. The normalized spacial score (nSPS) is 12.7. The standard InChI is InChI=1S/C14H22N2O4S/c1-3-21(18,19)10-11(2)16-12-4-6-13(7-5-12)20-9-8-14(15)17/h4-7,11,16H,3,8-10H2,1-2H3,(H2,15,17). The zero-order valence-corrected chi connectivity index (χ0v) is 13.2. The van der Waals surface area contributed by atoms with Crippen molar-refractivity contribution in [2.45, 2.75) is 26.3 Å². The number of sulfone groups is 1. The Balaban J connectivity index is 2.49. The van der Waals surface area contributed by atoms with Crippen LogP contribution in [-0.2, 0) is 14.6 Å². The molecular formula is C14H22N2O4S. The first-order valence-electron chi connectivity index (χ1n) is 6.80. The first kappa shape index (κ1) is 17.3. The second-order valence-corrected chi connectivity index (χ2v) is 7.23. The lowest BCUT2D eigenvalue weighted by Gasteiger charge is -2.15. The van der Waals surface area contributed by atoms with Crippen molar-refractivity contribution in [1.29, 1.82) is 0 Å². The summed E-state index contributed by atoms with van der Waals surface area (Å²) in [5.74, 6) is 0.473. The predicted octanol–water partition coefficient (Wildman–Crippen LogP) is 1.18. The van der Waals surface area contributed by atoms with Gasteiger partial charge in [0.2, 0.25) is 5.91 Å². The van der Waals surface area contributed by atoms with Crippen molar-refractivity contribution in [3.63, 3.8) is 0 Å². The third-order valence-corrected chi connectivity index (χ3v) is 4.72. The molecular weight excluding hydrogens is 292 g/mol. The van der Waals surface area contributed by atoms with E-state index in [9.17, 15) is 13.2 Å². The van der Waals surface area contributed by atoms with E-state index in [1.165, 1.54) is 0 Å². The summed E-state index contributed by atoms with van der Waals surface area (Å²) in [7, 11) is -3.00. The van der Waals surface area contributed by atoms with Gasteiger partial charge in [-0.2, -0.15) is 0 Å². The van der Waals surface area contributed by atoms with Gasteiger partial charge in [-0.05, 0) is 31.2 Å². The number of carbonyl (C=O) groups excluding carboxylic acids is 1. The molecule has 3 N–H and O–H groups in total. The van der Waals surface area contributed by atoms with Crippen molar-refractivity contribution in [3.05, 3.63) is 24.3 Å². The molecule has 21 heavy (non-hydrogen) atoms. The number of rotatable bonds is 9. The Morgan fingerprint density at radius 3 is 2.48 bits per heavy atom. The van der Waals surface area contributed by atoms with E-state index in [0.29, 0.717) is 5.75 Å². The van der Waals surface area contributed by atoms with Crippen molar-refractivity contribution in [2.24, 2.45) is 5.73 Å². The third-order valence-electron chi connectivity index (χ3n) is 2.83. The molecule has 0 saturated carbocycles. The van der Waals surface area contributed by atoms with Crippen LogP contribution in [0.25, 0.3) is 0 Å². The molecule has 1 aromatic rings. The summed E-state index contributed by atoms with van der Waals surface area (Å²) >= 11 is 0. The third kappa shape index (κ3) is 6.99. The Hall–Kier alpha value is -1.76. The minimum absolute atomic E-state index is 0.0976. The molecule has 1 rings (SSSR count). The highest BCUT2D eigenvalue weighted by Crippen LogP contribution is 2.17. The number of benzene rings is 1. The van der Waals surface area contributed by atoms with Gasteiger partial charge in [-0.1, -0.05) is 6.92 Å². The summed E-state index contributed by atoms with van der Waals surface area (Å²) in [5.41, 5.74) is 5.84. The Labute approximate surface area is 125 Å². The fourth-order valence-corrected chi connectivity index (χ4v) is 2.82. The van der Waals surface area contributed by atoms with E-state index in [2.05, 4.69) is 5.32 Å². The van der Waals surface area contributed by atoms with Crippen LogP contribution in [0, 0.1) is 0 Å². The summed E-state index contributed by atoms with van der Waals surface area (Å²) in [6, 6.07) is 6.94. The molecule has 0 bridgehead atoms. The van der Waals surface area contributed by atoms with E-state index < -0.39 is 15.7 Å². The first-order chi connectivity index (χ1) is 9.82. The largest absolute Gasteiger partial charge is 0.493 e. The van der Waals surface area contributed by atoms with Gasteiger partial charge in [0.05, 0.1) is 18.8 Å². The van der Waals surface area contributed by atoms with Crippen LogP contribution in [0.15, 0.2) is 24.3 Å². The summed E-state index contributed by atoms with van der Waals surface area (Å²) in [4.78, 5) is 10.6. The summed E-state index contributed by atoms with van der Waals surface area (Å²) in [6.07, 6.45) is 0.173. The van der Waals surface area contributed by atoms with Gasteiger partial charge in [-0.25, -0.2) is 8.42 Å². The van der Waals surface area contributed by atoms with Crippen LogP contribution < -0.4 is 15.8 Å². The molecule has 0 spiro atoms. The molecule has 118 valence electrons. The first-order valence-corrected chi connectivity index (χ1v) is 8.62. The fraction of sp³-hybridized carbons (Fsp3) is 0.500. The minimum Gasteiger partial charge on any atom is -0.493 e. The van der Waals surface area contributed by atoms with Crippen LogP contribution >= 0.6 is 0 Å². The molecule has 0 aromatic heterocycles. The van der Waals surface area contributed by atoms with Crippen LogP contribution in [0.2, 0.25) is 0 Å². The van der Waals surface area contributed by atoms with Crippen molar-refractivity contribution in [1.82, 2.24) is 0 Å². The van der Waals surface area contributed by atoms with Gasteiger partial charge in [0.15, 0.2) is 9.84 Å². The Kier molecular flexibility index (Phi) is 6.48. The Morgan fingerprint density at radius 2 is 1.95 bits per heavy atom. The summed E-state index contributed by atoms with van der Waals surface area (Å²) < 4.78 is 28.4. The van der Waals surface area contributed by atoms with Crippen molar-refractivity contribution in [2.75, 3.05) is 23.4 Å². The van der Waals surface area contributed by atoms with E-state index in [-0.39, 0.29) is 30.6 Å². The number of amides is 1. The number of carbonyl (C=O) groups is 1. The smallest absolute Gasteiger partial charge is 0.220 e. The van der Waals surface area contributed by atoms with Gasteiger partial charge in [-0.3, -0.25) is 4.79 Å². The van der Waals surface area contributed by atoms with E-state index in [4.69, 9.17) is 10.5 Å². The van der Waals surface area contributed by atoms with Crippen LogP contribution in [0.5, 0.6) is 5.75 Å². The van der Waals surface area contributed by atoms with Crippen LogP contribution in [0.3, 0.4) is 0 Å². The molecule has 0 aliphatic heterocycles. The zero-order valence-electron chi connectivity index (χ0n) is 12.3. The molecule has 0 aliphatic carbocycles. The second kappa shape index (κ2) is 7.87. The average molecular weight is 314 g/mol. The topological polar surface area (TPSA) is 98.5 Å². The number of anilines is 1. The molecule has 0 aliphatic rings. The van der Waals surface area contributed by atoms with Crippen molar-refractivity contribution < 1.29 is 17.9 Å². The minimum atomic E-state index is -3.00. The maximum atomic E-state index is 11.5. The second-order valence-electron chi connectivity index (χ2n) is 4.83. The van der Waals surface area contributed by atoms with Gasteiger partial charge < -0.3 is 15.8 Å². The number of primary amides is 1. The molecule has 7 heteroatoms. The number of nitrogens with one attached hydrogen (secondary N) is 1. The lowest BCUT2D eigenvalue weighted by atomic mass is 10.2. The van der Waals surface area contributed by atoms with Crippen LogP contribution in [-0.4, -0.2) is 38.5 Å². The molecule has 0 heterocycles. The van der Waals surface area contributed by atoms with Gasteiger partial charge in [-0.15, -0.1) is 0 Å². The Morgan fingerprint density at radius 1 is 1.33 bits per heavy atom. The van der Waals surface area contributed by atoms with Gasteiger partial charge >= 0.3 is 0 Å². The average Bonchev–Trinajstić information content (AvgIpc) is 2.39. The van der Waals surface area contributed by atoms with E-state index in [1.807, 2.05) is 6.92 Å². The number of nitrogens with two attached hydrogens (primary N) is 1. The molecule has 0 fully saturated rings. The molecule has 1 atom stereocenters. The fourth-order valence-electron chi connectivity index (χ4n) is 1.74. The quantitative estimate of drug-likeness (QED) is 0.713. The molecule has 1 amide bonds. The van der Waals surface area contributed by atoms with E-state index >= 15 is 0 Å². The van der Waals surface area contributed by atoms with Crippen LogP contribution in [0.4, 0.5) is 5.69 Å². The number of ether oxygens (including phenoxy) is 1. The van der Waals surface area contributed by atoms with E-state index in [1.54, 1.807) is 31.2 Å². The highest BCUT2D eigenvalue weighted by Gasteiger charge is 2.13. The van der Waals surface area contributed by atoms with Crippen molar-refractivity contribution in [3.8, 4) is 5.75 Å². The molecule has 0 radical (unpaired) electrons. The monoisotopic (exact) mass is 314 g/mol. The summed E-state index contributed by atoms with van der Waals surface area (Å²) in [6.45, 7) is 3.71. The molecule has 1 unspecified atom stereocenters. The lowest BCUT2D eigenvalue weighted by Crippen LogP contribution is -2.26. The molecule has 6 nitrogen and oxygen atoms in total. The summed E-state index contributed by atoms with van der Waals surface area (Å²) in [5, 5.41) is 3.13. The molecule has 1 aromatic carbocycles. The molecule has 0 saturated heterocycles. The highest BCUT2D eigenvalue weighted by atomic mass is 32.2. The van der Waals surface area contributed by atoms with Crippen LogP contribution in [0.1, 0.15) is 20.3 Å². The Bertz CT molecular complexity index is 555. The highest BCUT2D eigenvalue weighted by molar-refractivity contribution is 7.91. The van der Waals surface area contributed by atoms with Crippen molar-refractivity contribution >= 4 is 21.4 Å². The van der Waals surface area contributed by atoms with Gasteiger partial charge in [0.25, 0.3) is 0 Å². The predicted molar refractivity (Wildman–Crippen MR) is 83.2 cm³/mol.